The van der Waals surface area contributed by atoms with Crippen molar-refractivity contribution in [2.24, 2.45) is 11.7 Å². The molecule has 0 bridgehead atoms. The Balaban J connectivity index is 2.82. The number of nitrogens with one attached hydrogen (secondary N) is 1. The molecule has 4 N–H and O–H groups in total. The van der Waals surface area contributed by atoms with E-state index in [2.05, 4.69) is 5.32 Å². The second-order valence-corrected chi connectivity index (χ2v) is 4.58. The van der Waals surface area contributed by atoms with Gasteiger partial charge in [0.2, 0.25) is 0 Å². The largest absolute Gasteiger partial charge is 0.507 e. The van der Waals surface area contributed by atoms with E-state index >= 15 is 0 Å². The molecule has 1 rings (SSSR count). The standard InChI is InChI=1S/C13H20N2O2/c1-8(2)11(7-14)15-13(17)10-5-4-9(3)6-12(10)16/h4-6,8,11,16H,7,14H2,1-3H3,(H,15,17). The smallest absolute Gasteiger partial charge is 0.255 e. The molecule has 1 amide bonds. The number of hydrogen-bond donors (Lipinski definition) is 3. The summed E-state index contributed by atoms with van der Waals surface area (Å²) in [5.41, 5.74) is 6.79. The molecular formula is C13H20N2O2. The molecule has 4 heteroatoms. The number of carbonyl (C=O) groups excluding carboxylic acids is 1. The second kappa shape index (κ2) is 5.68. The van der Waals surface area contributed by atoms with E-state index in [0.29, 0.717) is 6.54 Å². The topological polar surface area (TPSA) is 75.4 Å². The summed E-state index contributed by atoms with van der Waals surface area (Å²) >= 11 is 0. The molecule has 0 aromatic heterocycles. The van der Waals surface area contributed by atoms with Gasteiger partial charge >= 0.3 is 0 Å². The maximum Gasteiger partial charge on any atom is 0.255 e. The van der Waals surface area contributed by atoms with E-state index < -0.39 is 0 Å². The molecular weight excluding hydrogens is 216 g/mol. The minimum absolute atomic E-state index is 0.00188. The lowest BCUT2D eigenvalue weighted by Crippen LogP contribution is -2.43. The van der Waals surface area contributed by atoms with E-state index in [0.717, 1.165) is 5.56 Å². The molecule has 0 aliphatic rings. The van der Waals surface area contributed by atoms with Gasteiger partial charge in [0.1, 0.15) is 5.75 Å². The van der Waals surface area contributed by atoms with E-state index in [9.17, 15) is 9.90 Å². The van der Waals surface area contributed by atoms with Crippen LogP contribution in [0.5, 0.6) is 5.75 Å². The molecule has 0 saturated heterocycles. The van der Waals surface area contributed by atoms with E-state index in [-0.39, 0.29) is 29.2 Å². The van der Waals surface area contributed by atoms with Gasteiger partial charge in [0, 0.05) is 12.6 Å². The Morgan fingerprint density at radius 2 is 2.12 bits per heavy atom. The molecule has 1 atom stereocenters. The molecule has 4 nitrogen and oxygen atoms in total. The fourth-order valence-electron chi connectivity index (χ4n) is 1.58. The van der Waals surface area contributed by atoms with Crippen LogP contribution in [0.25, 0.3) is 0 Å². The van der Waals surface area contributed by atoms with E-state index in [1.807, 2.05) is 20.8 Å². The second-order valence-electron chi connectivity index (χ2n) is 4.58. The Kier molecular flexibility index (Phi) is 4.52. The molecule has 0 heterocycles. The number of rotatable bonds is 4. The van der Waals surface area contributed by atoms with Crippen LogP contribution in [-0.2, 0) is 0 Å². The average molecular weight is 236 g/mol. The Bertz CT molecular complexity index is 402. The lowest BCUT2D eigenvalue weighted by Gasteiger charge is -2.20. The van der Waals surface area contributed by atoms with Gasteiger partial charge in [-0.25, -0.2) is 0 Å². The molecule has 1 aromatic carbocycles. The van der Waals surface area contributed by atoms with Crippen LogP contribution >= 0.6 is 0 Å². The number of nitrogens with two attached hydrogens (primary N) is 1. The lowest BCUT2D eigenvalue weighted by molar-refractivity contribution is 0.0925. The molecule has 0 radical (unpaired) electrons. The number of carbonyl (C=O) groups is 1. The first kappa shape index (κ1) is 13.5. The summed E-state index contributed by atoms with van der Waals surface area (Å²) in [6.07, 6.45) is 0. The third-order valence-corrected chi connectivity index (χ3v) is 2.77. The third-order valence-electron chi connectivity index (χ3n) is 2.77. The highest BCUT2D eigenvalue weighted by Crippen LogP contribution is 2.18. The Hall–Kier alpha value is -1.55. The van der Waals surface area contributed by atoms with Crippen molar-refractivity contribution in [3.05, 3.63) is 29.3 Å². The number of aryl methyl sites for hydroxylation is 1. The maximum atomic E-state index is 11.9. The fraction of sp³-hybridized carbons (Fsp3) is 0.462. The van der Waals surface area contributed by atoms with Crippen LogP contribution in [0.2, 0.25) is 0 Å². The monoisotopic (exact) mass is 236 g/mol. The molecule has 0 saturated carbocycles. The third kappa shape index (κ3) is 3.46. The summed E-state index contributed by atoms with van der Waals surface area (Å²) in [6.45, 7) is 6.23. The van der Waals surface area contributed by atoms with Crippen LogP contribution in [0, 0.1) is 12.8 Å². The van der Waals surface area contributed by atoms with Crippen molar-refractivity contribution >= 4 is 5.91 Å². The van der Waals surface area contributed by atoms with Gasteiger partial charge in [0.15, 0.2) is 0 Å². The predicted octanol–water partition coefficient (Wildman–Crippen LogP) is 1.41. The molecule has 0 aliphatic carbocycles. The summed E-state index contributed by atoms with van der Waals surface area (Å²) < 4.78 is 0. The van der Waals surface area contributed by atoms with Crippen LogP contribution in [0.15, 0.2) is 18.2 Å². The van der Waals surface area contributed by atoms with Crippen LogP contribution in [0.4, 0.5) is 0 Å². The van der Waals surface area contributed by atoms with Crippen molar-refractivity contribution in [1.82, 2.24) is 5.32 Å². The highest BCUT2D eigenvalue weighted by Gasteiger charge is 2.17. The Morgan fingerprint density at radius 3 is 2.59 bits per heavy atom. The van der Waals surface area contributed by atoms with Gasteiger partial charge in [-0.1, -0.05) is 19.9 Å². The molecule has 17 heavy (non-hydrogen) atoms. The van der Waals surface area contributed by atoms with Crippen LogP contribution in [0.1, 0.15) is 29.8 Å². The normalized spacial score (nSPS) is 12.5. The zero-order chi connectivity index (χ0) is 13.0. The predicted molar refractivity (Wildman–Crippen MR) is 68.0 cm³/mol. The minimum atomic E-state index is -0.286. The van der Waals surface area contributed by atoms with Gasteiger partial charge in [-0.2, -0.15) is 0 Å². The number of aromatic hydroxyl groups is 1. The molecule has 1 unspecified atom stereocenters. The number of phenolic OH excluding ortho intramolecular Hbond substituents is 1. The van der Waals surface area contributed by atoms with E-state index in [4.69, 9.17) is 5.73 Å². The van der Waals surface area contributed by atoms with Crippen molar-refractivity contribution in [3.63, 3.8) is 0 Å². The molecule has 0 fully saturated rings. The zero-order valence-electron chi connectivity index (χ0n) is 10.5. The number of hydrogen-bond acceptors (Lipinski definition) is 3. The van der Waals surface area contributed by atoms with Crippen molar-refractivity contribution in [2.45, 2.75) is 26.8 Å². The average Bonchev–Trinajstić information content (AvgIpc) is 2.24. The summed E-state index contributed by atoms with van der Waals surface area (Å²) in [5, 5.41) is 12.5. The van der Waals surface area contributed by atoms with Crippen molar-refractivity contribution in [1.29, 1.82) is 0 Å². The summed E-state index contributed by atoms with van der Waals surface area (Å²) in [6, 6.07) is 4.90. The van der Waals surface area contributed by atoms with Crippen LogP contribution in [-0.4, -0.2) is 23.6 Å². The van der Waals surface area contributed by atoms with Gasteiger partial charge in [-0.3, -0.25) is 4.79 Å². The summed E-state index contributed by atoms with van der Waals surface area (Å²) in [7, 11) is 0. The molecule has 1 aromatic rings. The van der Waals surface area contributed by atoms with Gasteiger partial charge in [0.25, 0.3) is 5.91 Å². The first-order valence-corrected chi connectivity index (χ1v) is 5.76. The minimum Gasteiger partial charge on any atom is -0.507 e. The summed E-state index contributed by atoms with van der Waals surface area (Å²) in [4.78, 5) is 11.9. The van der Waals surface area contributed by atoms with Gasteiger partial charge < -0.3 is 16.2 Å². The highest BCUT2D eigenvalue weighted by molar-refractivity contribution is 5.97. The number of benzene rings is 1. The van der Waals surface area contributed by atoms with Gasteiger partial charge in [-0.05, 0) is 30.5 Å². The zero-order valence-corrected chi connectivity index (χ0v) is 10.5. The molecule has 0 aliphatic heterocycles. The van der Waals surface area contributed by atoms with E-state index in [1.165, 1.54) is 0 Å². The lowest BCUT2D eigenvalue weighted by atomic mass is 10.0. The first-order chi connectivity index (χ1) is 7.95. The van der Waals surface area contributed by atoms with Crippen molar-refractivity contribution in [3.8, 4) is 5.75 Å². The number of amides is 1. The Labute approximate surface area is 102 Å². The van der Waals surface area contributed by atoms with Crippen molar-refractivity contribution in [2.75, 3.05) is 6.54 Å². The van der Waals surface area contributed by atoms with Gasteiger partial charge in [-0.15, -0.1) is 0 Å². The van der Waals surface area contributed by atoms with Gasteiger partial charge in [0.05, 0.1) is 5.56 Å². The molecule has 94 valence electrons. The van der Waals surface area contributed by atoms with Crippen LogP contribution in [0.3, 0.4) is 0 Å². The first-order valence-electron chi connectivity index (χ1n) is 5.76. The van der Waals surface area contributed by atoms with Crippen molar-refractivity contribution < 1.29 is 9.90 Å². The highest BCUT2D eigenvalue weighted by atomic mass is 16.3. The Morgan fingerprint density at radius 1 is 1.47 bits per heavy atom. The maximum absolute atomic E-state index is 11.9. The van der Waals surface area contributed by atoms with E-state index in [1.54, 1.807) is 18.2 Å². The summed E-state index contributed by atoms with van der Waals surface area (Å²) in [5.74, 6) is -0.0229. The quantitative estimate of drug-likeness (QED) is 0.740. The fourth-order valence-corrected chi connectivity index (χ4v) is 1.58. The van der Waals surface area contributed by atoms with Crippen LogP contribution < -0.4 is 11.1 Å². The number of phenols is 1. The molecule has 0 spiro atoms. The SMILES string of the molecule is Cc1ccc(C(=O)NC(CN)C(C)C)c(O)c1.